The topological polar surface area (TPSA) is 3.24 Å². The Morgan fingerprint density at radius 3 is 2.29 bits per heavy atom. The van der Waals surface area contributed by atoms with Crippen LogP contribution in [0.25, 0.3) is 47.6 Å². The molecule has 0 spiro atoms. The van der Waals surface area contributed by atoms with Gasteiger partial charge in [0.1, 0.15) is 0 Å². The van der Waals surface area contributed by atoms with Gasteiger partial charge >= 0.3 is 0 Å². The van der Waals surface area contributed by atoms with Gasteiger partial charge in [-0.3, -0.25) is 0 Å². The summed E-state index contributed by atoms with van der Waals surface area (Å²) in [5.41, 5.74) is 10.7. The van der Waals surface area contributed by atoms with Crippen LogP contribution < -0.4 is 4.90 Å². The van der Waals surface area contributed by atoms with Crippen LogP contribution in [0, 0.1) is 0 Å². The van der Waals surface area contributed by atoms with E-state index >= 15 is 0 Å². The van der Waals surface area contributed by atoms with Crippen LogP contribution in [0.15, 0.2) is 146 Å². The molecule has 2 aliphatic carbocycles. The molecule has 0 fully saturated rings. The van der Waals surface area contributed by atoms with Crippen molar-refractivity contribution in [3.63, 3.8) is 0 Å². The van der Waals surface area contributed by atoms with Gasteiger partial charge in [-0.1, -0.05) is 135 Å². The minimum absolute atomic E-state index is 0.0589. The van der Waals surface area contributed by atoms with Crippen LogP contribution in [0.2, 0.25) is 0 Å². The Morgan fingerprint density at radius 1 is 0.644 bits per heavy atom. The number of anilines is 2. The van der Waals surface area contributed by atoms with Crippen LogP contribution in [-0.4, -0.2) is 6.04 Å². The molecule has 45 heavy (non-hydrogen) atoms. The first-order chi connectivity index (χ1) is 22.1. The van der Waals surface area contributed by atoms with Crippen molar-refractivity contribution >= 4 is 59.2 Å². The van der Waals surface area contributed by atoms with E-state index in [0.717, 1.165) is 6.42 Å². The molecule has 1 unspecified atom stereocenters. The van der Waals surface area contributed by atoms with Gasteiger partial charge in [-0.2, -0.15) is 0 Å². The molecule has 0 N–H and O–H groups in total. The number of hydrogen-bond acceptors (Lipinski definition) is 2. The second-order valence-electron chi connectivity index (χ2n) is 12.9. The first-order valence-electron chi connectivity index (χ1n) is 15.9. The Morgan fingerprint density at radius 2 is 1.36 bits per heavy atom. The Balaban J connectivity index is 1.20. The molecule has 0 radical (unpaired) electrons. The molecular weight excluding hydrogens is 563 g/mol. The summed E-state index contributed by atoms with van der Waals surface area (Å²) in [6.07, 6.45) is 7.93. The van der Waals surface area contributed by atoms with Gasteiger partial charge in [0, 0.05) is 42.3 Å². The van der Waals surface area contributed by atoms with Gasteiger partial charge in [-0.25, -0.2) is 0 Å². The molecule has 1 atom stereocenters. The minimum Gasteiger partial charge on any atom is -0.334 e. The average Bonchev–Trinajstić information content (AvgIpc) is 3.58. The summed E-state index contributed by atoms with van der Waals surface area (Å²) in [4.78, 5) is 2.59. The molecule has 9 rings (SSSR count). The van der Waals surface area contributed by atoms with Gasteiger partial charge in [0.25, 0.3) is 0 Å². The lowest BCUT2D eigenvalue weighted by Crippen LogP contribution is -2.31. The Kier molecular flexibility index (Phi) is 5.92. The molecule has 0 saturated heterocycles. The molecule has 216 valence electrons. The highest BCUT2D eigenvalue weighted by atomic mass is 32.1. The maximum atomic E-state index is 2.59. The summed E-state index contributed by atoms with van der Waals surface area (Å²) < 4.78 is 2.73. The van der Waals surface area contributed by atoms with Crippen LogP contribution in [0.1, 0.15) is 37.0 Å². The smallest absolute Gasteiger partial charge is 0.0566 e. The largest absolute Gasteiger partial charge is 0.334 e. The third kappa shape index (κ3) is 4.06. The predicted molar refractivity (Wildman–Crippen MR) is 195 cm³/mol. The van der Waals surface area contributed by atoms with E-state index in [4.69, 9.17) is 0 Å². The SMILES string of the molecule is CC1(C)c2ccccc2-c2ccc(N(c3cccc4ccccc34)C3C=CC=C(c4cccc5c4sc4ccccc45)C3)cc21. The Bertz CT molecular complexity index is 2340. The number of rotatable bonds is 4. The summed E-state index contributed by atoms with van der Waals surface area (Å²) in [7, 11) is 0. The van der Waals surface area contributed by atoms with E-state index in [2.05, 4.69) is 164 Å². The van der Waals surface area contributed by atoms with Gasteiger partial charge in [-0.05, 0) is 69.5 Å². The average molecular weight is 596 g/mol. The van der Waals surface area contributed by atoms with Crippen molar-refractivity contribution in [2.75, 3.05) is 4.90 Å². The van der Waals surface area contributed by atoms with Crippen molar-refractivity contribution < 1.29 is 0 Å². The van der Waals surface area contributed by atoms with E-state index < -0.39 is 0 Å². The number of benzene rings is 6. The fourth-order valence-electron chi connectivity index (χ4n) is 7.81. The van der Waals surface area contributed by atoms with Crippen molar-refractivity contribution in [2.45, 2.75) is 31.7 Å². The van der Waals surface area contributed by atoms with Crippen LogP contribution in [0.5, 0.6) is 0 Å². The van der Waals surface area contributed by atoms with Gasteiger partial charge < -0.3 is 4.90 Å². The predicted octanol–water partition coefficient (Wildman–Crippen LogP) is 12.1. The molecule has 1 aromatic heterocycles. The summed E-state index contributed by atoms with van der Waals surface area (Å²) in [5.74, 6) is 0. The third-order valence-corrected chi connectivity index (χ3v) is 11.2. The quantitative estimate of drug-likeness (QED) is 0.196. The van der Waals surface area contributed by atoms with E-state index in [-0.39, 0.29) is 11.5 Å². The number of allylic oxidation sites excluding steroid dienone is 2. The van der Waals surface area contributed by atoms with Crippen LogP contribution in [0.3, 0.4) is 0 Å². The van der Waals surface area contributed by atoms with Crippen LogP contribution >= 0.6 is 11.3 Å². The van der Waals surface area contributed by atoms with Crippen molar-refractivity contribution in [2.24, 2.45) is 0 Å². The van der Waals surface area contributed by atoms with Gasteiger partial charge in [0.05, 0.1) is 6.04 Å². The number of fused-ring (bicyclic) bond motifs is 7. The first-order valence-corrected chi connectivity index (χ1v) is 16.7. The molecule has 0 amide bonds. The highest BCUT2D eigenvalue weighted by Crippen LogP contribution is 2.51. The minimum atomic E-state index is -0.0589. The second kappa shape index (κ2) is 10.1. The van der Waals surface area contributed by atoms with E-state index in [1.807, 2.05) is 11.3 Å². The van der Waals surface area contributed by atoms with Crippen molar-refractivity contribution in [1.29, 1.82) is 0 Å². The van der Waals surface area contributed by atoms with Crippen LogP contribution in [0.4, 0.5) is 11.4 Å². The first kappa shape index (κ1) is 26.5. The lowest BCUT2D eigenvalue weighted by molar-refractivity contribution is 0.659. The number of hydrogen-bond donors (Lipinski definition) is 0. The maximum absolute atomic E-state index is 2.59. The second-order valence-corrected chi connectivity index (χ2v) is 13.9. The molecule has 1 nitrogen and oxygen atoms in total. The molecule has 2 aliphatic rings. The van der Waals surface area contributed by atoms with E-state index in [0.29, 0.717) is 0 Å². The van der Waals surface area contributed by atoms with E-state index in [9.17, 15) is 0 Å². The Hall–Kier alpha value is -4.92. The highest BCUT2D eigenvalue weighted by molar-refractivity contribution is 7.26. The van der Waals surface area contributed by atoms with Crippen molar-refractivity contribution in [1.82, 2.24) is 0 Å². The van der Waals surface area contributed by atoms with E-state index in [1.54, 1.807) is 0 Å². The maximum Gasteiger partial charge on any atom is 0.0566 e. The molecule has 2 heteroatoms. The zero-order valence-electron chi connectivity index (χ0n) is 25.5. The summed E-state index contributed by atoms with van der Waals surface area (Å²) in [5, 5.41) is 5.24. The molecule has 0 saturated carbocycles. The fourth-order valence-corrected chi connectivity index (χ4v) is 9.06. The molecule has 7 aromatic rings. The highest BCUT2D eigenvalue weighted by Gasteiger charge is 2.36. The standard InChI is InChI=1S/C43H33NS/c1-43(2)38-21-7-5-17-34(38)35-25-24-31(27-39(35)43)44(40-22-10-13-28-12-3-4-16-32(28)40)30-15-9-14-29(26-30)33-19-11-20-37-36-18-6-8-23-41(36)45-42(33)37/h3-25,27,30H,26H2,1-2H3. The molecule has 1 heterocycles. The van der Waals surface area contributed by atoms with Crippen LogP contribution in [-0.2, 0) is 5.41 Å². The summed E-state index contributed by atoms with van der Waals surface area (Å²) in [6, 6.07) is 47.4. The summed E-state index contributed by atoms with van der Waals surface area (Å²) >= 11 is 1.91. The Labute approximate surface area is 268 Å². The van der Waals surface area contributed by atoms with Gasteiger partial charge in [-0.15, -0.1) is 11.3 Å². The monoisotopic (exact) mass is 595 g/mol. The third-order valence-electron chi connectivity index (χ3n) is 10.0. The zero-order valence-corrected chi connectivity index (χ0v) is 26.3. The van der Waals surface area contributed by atoms with Crippen molar-refractivity contribution in [3.05, 3.63) is 162 Å². The lowest BCUT2D eigenvalue weighted by Gasteiger charge is -2.36. The van der Waals surface area contributed by atoms with Gasteiger partial charge in [0.15, 0.2) is 0 Å². The molecular formula is C43H33NS. The molecule has 0 bridgehead atoms. The number of thiophene rings is 1. The molecule has 6 aromatic carbocycles. The lowest BCUT2D eigenvalue weighted by atomic mass is 9.82. The summed E-state index contributed by atoms with van der Waals surface area (Å²) in [6.45, 7) is 4.74. The zero-order chi connectivity index (χ0) is 30.1. The normalized spacial score (nSPS) is 16.6. The fraction of sp³-hybridized carbons (Fsp3) is 0.116. The van der Waals surface area contributed by atoms with E-state index in [1.165, 1.54) is 75.7 Å². The molecule has 0 aliphatic heterocycles. The van der Waals surface area contributed by atoms with Gasteiger partial charge in [0.2, 0.25) is 0 Å². The number of nitrogens with zero attached hydrogens (tertiary/aromatic N) is 1. The van der Waals surface area contributed by atoms with Crippen molar-refractivity contribution in [3.8, 4) is 11.1 Å².